The van der Waals surface area contributed by atoms with Crippen LogP contribution in [0, 0.1) is 0 Å². The lowest BCUT2D eigenvalue weighted by Crippen LogP contribution is -2.40. The van der Waals surface area contributed by atoms with E-state index in [4.69, 9.17) is 9.47 Å². The van der Waals surface area contributed by atoms with Crippen LogP contribution in [-0.2, 0) is 11.2 Å². The monoisotopic (exact) mass is 313 g/mol. The van der Waals surface area contributed by atoms with Gasteiger partial charge in [-0.3, -0.25) is 0 Å². The van der Waals surface area contributed by atoms with Gasteiger partial charge in [-0.15, -0.1) is 0 Å². The number of hydrogen-bond acceptors (Lipinski definition) is 3. The van der Waals surface area contributed by atoms with E-state index in [2.05, 4.69) is 41.2 Å². The fourth-order valence-electron chi connectivity index (χ4n) is 2.01. The van der Waals surface area contributed by atoms with E-state index in [1.807, 2.05) is 12.1 Å². The topological polar surface area (TPSA) is 30.5 Å². The number of rotatable bonds is 5. The van der Waals surface area contributed by atoms with Crippen LogP contribution in [0.25, 0.3) is 0 Å². The smallest absolute Gasteiger partial charge is 0.123 e. The van der Waals surface area contributed by atoms with Gasteiger partial charge in [0.05, 0.1) is 5.60 Å². The standard InChI is InChI=1S/C14H20BrNO2/c1-14(2,17-3)9-16-8-12-7-10-6-11(15)4-5-13(10)18-12/h4-6,12,16H,7-9H2,1-3H3. The van der Waals surface area contributed by atoms with E-state index < -0.39 is 0 Å². The molecule has 1 atom stereocenters. The van der Waals surface area contributed by atoms with Crippen molar-refractivity contribution >= 4 is 15.9 Å². The molecule has 100 valence electrons. The number of methoxy groups -OCH3 is 1. The zero-order chi connectivity index (χ0) is 13.2. The maximum atomic E-state index is 5.89. The highest BCUT2D eigenvalue weighted by atomic mass is 79.9. The highest BCUT2D eigenvalue weighted by molar-refractivity contribution is 9.10. The third-order valence-electron chi connectivity index (χ3n) is 3.24. The van der Waals surface area contributed by atoms with Crippen molar-refractivity contribution in [3.63, 3.8) is 0 Å². The van der Waals surface area contributed by atoms with E-state index >= 15 is 0 Å². The number of hydrogen-bond donors (Lipinski definition) is 1. The highest BCUT2D eigenvalue weighted by Crippen LogP contribution is 2.30. The lowest BCUT2D eigenvalue weighted by Gasteiger charge is -2.24. The lowest BCUT2D eigenvalue weighted by molar-refractivity contribution is 0.0217. The van der Waals surface area contributed by atoms with Gasteiger partial charge in [0.2, 0.25) is 0 Å². The van der Waals surface area contributed by atoms with E-state index in [1.165, 1.54) is 5.56 Å². The molecule has 2 rings (SSSR count). The summed E-state index contributed by atoms with van der Waals surface area (Å²) in [5, 5.41) is 3.41. The van der Waals surface area contributed by atoms with E-state index in [1.54, 1.807) is 7.11 Å². The summed E-state index contributed by atoms with van der Waals surface area (Å²) in [7, 11) is 1.74. The quantitative estimate of drug-likeness (QED) is 0.906. The second-order valence-electron chi connectivity index (χ2n) is 5.29. The Morgan fingerprint density at radius 2 is 2.28 bits per heavy atom. The predicted octanol–water partition coefficient (Wildman–Crippen LogP) is 2.77. The molecule has 0 bridgehead atoms. The minimum Gasteiger partial charge on any atom is -0.488 e. The number of halogens is 1. The van der Waals surface area contributed by atoms with E-state index in [0.29, 0.717) is 0 Å². The fraction of sp³-hybridized carbons (Fsp3) is 0.571. The van der Waals surface area contributed by atoms with Crippen LogP contribution in [0.2, 0.25) is 0 Å². The van der Waals surface area contributed by atoms with Gasteiger partial charge in [0.1, 0.15) is 11.9 Å². The normalized spacial score (nSPS) is 18.6. The molecule has 0 radical (unpaired) electrons. The first-order valence-corrected chi connectivity index (χ1v) is 7.00. The van der Waals surface area contributed by atoms with Crippen molar-refractivity contribution in [1.29, 1.82) is 0 Å². The molecular formula is C14H20BrNO2. The van der Waals surface area contributed by atoms with Crippen molar-refractivity contribution in [3.05, 3.63) is 28.2 Å². The van der Waals surface area contributed by atoms with E-state index in [9.17, 15) is 0 Å². The first-order chi connectivity index (χ1) is 8.50. The second kappa shape index (κ2) is 5.59. The Bertz CT molecular complexity index is 420. The van der Waals surface area contributed by atoms with Crippen molar-refractivity contribution in [1.82, 2.24) is 5.32 Å². The third-order valence-corrected chi connectivity index (χ3v) is 3.73. The third kappa shape index (κ3) is 3.46. The lowest BCUT2D eigenvalue weighted by atomic mass is 10.1. The molecule has 1 N–H and O–H groups in total. The molecule has 1 aliphatic rings. The molecule has 1 unspecified atom stereocenters. The molecule has 0 saturated heterocycles. The van der Waals surface area contributed by atoms with Crippen molar-refractivity contribution in [3.8, 4) is 5.75 Å². The summed E-state index contributed by atoms with van der Waals surface area (Å²) in [6.45, 7) is 5.81. The average Bonchev–Trinajstić information content (AvgIpc) is 2.70. The molecule has 1 aromatic rings. The Morgan fingerprint density at radius 3 is 3.00 bits per heavy atom. The summed E-state index contributed by atoms with van der Waals surface area (Å²) in [4.78, 5) is 0. The van der Waals surface area contributed by atoms with Crippen molar-refractivity contribution in [2.75, 3.05) is 20.2 Å². The van der Waals surface area contributed by atoms with Gasteiger partial charge in [-0.05, 0) is 37.6 Å². The minimum atomic E-state index is -0.130. The number of ether oxygens (including phenoxy) is 2. The second-order valence-corrected chi connectivity index (χ2v) is 6.21. The van der Waals surface area contributed by atoms with Crippen LogP contribution in [0.15, 0.2) is 22.7 Å². The molecule has 18 heavy (non-hydrogen) atoms. The first kappa shape index (κ1) is 13.8. The number of nitrogens with one attached hydrogen (secondary N) is 1. The Labute approximate surface area is 117 Å². The molecule has 0 spiro atoms. The molecule has 1 aromatic carbocycles. The van der Waals surface area contributed by atoms with Gasteiger partial charge in [0, 0.05) is 31.1 Å². The molecule has 0 aromatic heterocycles. The van der Waals surface area contributed by atoms with E-state index in [0.717, 1.165) is 29.7 Å². The molecule has 4 heteroatoms. The largest absolute Gasteiger partial charge is 0.488 e. The van der Waals surface area contributed by atoms with Gasteiger partial charge in [-0.2, -0.15) is 0 Å². The summed E-state index contributed by atoms with van der Waals surface area (Å²) in [5.41, 5.74) is 1.15. The summed E-state index contributed by atoms with van der Waals surface area (Å²) < 4.78 is 12.4. The van der Waals surface area contributed by atoms with Crippen LogP contribution >= 0.6 is 15.9 Å². The Balaban J connectivity index is 1.81. The SMILES string of the molecule is COC(C)(C)CNCC1Cc2cc(Br)ccc2O1. The summed E-state index contributed by atoms with van der Waals surface area (Å²) in [5.74, 6) is 1.01. The van der Waals surface area contributed by atoms with Crippen LogP contribution < -0.4 is 10.1 Å². The average molecular weight is 314 g/mol. The zero-order valence-electron chi connectivity index (χ0n) is 11.1. The van der Waals surface area contributed by atoms with Crippen LogP contribution in [-0.4, -0.2) is 31.9 Å². The molecule has 1 aliphatic heterocycles. The molecule has 1 heterocycles. The predicted molar refractivity (Wildman–Crippen MR) is 76.2 cm³/mol. The van der Waals surface area contributed by atoms with Gasteiger partial charge in [-0.1, -0.05) is 15.9 Å². The molecular weight excluding hydrogens is 294 g/mol. The van der Waals surface area contributed by atoms with Gasteiger partial charge in [-0.25, -0.2) is 0 Å². The minimum absolute atomic E-state index is 0.130. The molecule has 0 fully saturated rings. The van der Waals surface area contributed by atoms with Gasteiger partial charge in [0.25, 0.3) is 0 Å². The van der Waals surface area contributed by atoms with Crippen LogP contribution in [0.5, 0.6) is 5.75 Å². The summed E-state index contributed by atoms with van der Waals surface area (Å²) in [6.07, 6.45) is 1.19. The first-order valence-electron chi connectivity index (χ1n) is 6.21. The molecule has 0 amide bonds. The molecule has 0 saturated carbocycles. The highest BCUT2D eigenvalue weighted by Gasteiger charge is 2.23. The maximum absolute atomic E-state index is 5.89. The van der Waals surface area contributed by atoms with Crippen LogP contribution in [0.4, 0.5) is 0 Å². The zero-order valence-corrected chi connectivity index (χ0v) is 12.7. The number of fused-ring (bicyclic) bond motifs is 1. The molecule has 0 aliphatic carbocycles. The van der Waals surface area contributed by atoms with Crippen molar-refractivity contribution < 1.29 is 9.47 Å². The Kier molecular flexibility index (Phi) is 4.30. The van der Waals surface area contributed by atoms with E-state index in [-0.39, 0.29) is 11.7 Å². The van der Waals surface area contributed by atoms with Gasteiger partial charge in [0.15, 0.2) is 0 Å². The Morgan fingerprint density at radius 1 is 1.50 bits per heavy atom. The Hall–Kier alpha value is -0.580. The summed E-state index contributed by atoms with van der Waals surface area (Å²) >= 11 is 3.49. The van der Waals surface area contributed by atoms with Crippen LogP contribution in [0.1, 0.15) is 19.4 Å². The molecule has 3 nitrogen and oxygen atoms in total. The number of benzene rings is 1. The van der Waals surface area contributed by atoms with Crippen molar-refractivity contribution in [2.24, 2.45) is 0 Å². The van der Waals surface area contributed by atoms with Gasteiger partial charge >= 0.3 is 0 Å². The fourth-order valence-corrected chi connectivity index (χ4v) is 2.42. The van der Waals surface area contributed by atoms with Crippen molar-refractivity contribution in [2.45, 2.75) is 32.0 Å². The summed E-state index contributed by atoms with van der Waals surface area (Å²) in [6, 6.07) is 6.18. The maximum Gasteiger partial charge on any atom is 0.123 e. The van der Waals surface area contributed by atoms with Crippen LogP contribution in [0.3, 0.4) is 0 Å². The van der Waals surface area contributed by atoms with Gasteiger partial charge < -0.3 is 14.8 Å².